The van der Waals surface area contributed by atoms with Gasteiger partial charge in [0.25, 0.3) is 5.91 Å². The zero-order valence-electron chi connectivity index (χ0n) is 13.1. The lowest BCUT2D eigenvalue weighted by Gasteiger charge is -2.28. The molecule has 0 saturated carbocycles. The fraction of sp³-hybridized carbons (Fsp3) is 0.625. The fourth-order valence-corrected chi connectivity index (χ4v) is 2.67. The molecule has 1 amide bonds. The molecule has 5 nitrogen and oxygen atoms in total. The smallest absolute Gasteiger partial charge is 0.269 e. The zero-order chi connectivity index (χ0) is 15.1. The Morgan fingerprint density at radius 3 is 2.86 bits per heavy atom. The van der Waals surface area contributed by atoms with Crippen molar-refractivity contribution in [3.63, 3.8) is 0 Å². The number of likely N-dealkylation sites (tertiary alicyclic amines) is 1. The molecule has 21 heavy (non-hydrogen) atoms. The molecule has 1 aliphatic rings. The quantitative estimate of drug-likeness (QED) is 0.841. The molecule has 116 valence electrons. The number of carbonyl (C=O) groups excluding carboxylic acids is 1. The third-order valence-electron chi connectivity index (χ3n) is 4.02. The molecule has 0 bridgehead atoms. The van der Waals surface area contributed by atoms with Crippen molar-refractivity contribution < 1.29 is 4.79 Å². The summed E-state index contributed by atoms with van der Waals surface area (Å²) >= 11 is 0. The zero-order valence-corrected chi connectivity index (χ0v) is 13.1. The van der Waals surface area contributed by atoms with E-state index >= 15 is 0 Å². The molecule has 0 aliphatic carbocycles. The fourth-order valence-electron chi connectivity index (χ4n) is 2.67. The van der Waals surface area contributed by atoms with Crippen LogP contribution in [-0.2, 0) is 0 Å². The van der Waals surface area contributed by atoms with E-state index < -0.39 is 0 Å². The number of nitrogens with one attached hydrogen (secondary N) is 2. The Balaban J connectivity index is 1.75. The second kappa shape index (κ2) is 7.98. The first-order chi connectivity index (χ1) is 10.2. The van der Waals surface area contributed by atoms with Gasteiger partial charge in [0, 0.05) is 13.1 Å². The first kappa shape index (κ1) is 15.8. The number of aromatic nitrogens is 1. The maximum absolute atomic E-state index is 12.1. The number of carbonyl (C=O) groups is 1. The predicted octanol–water partition coefficient (Wildman–Crippen LogP) is 1.98. The van der Waals surface area contributed by atoms with Crippen LogP contribution in [0.1, 0.15) is 36.7 Å². The number of piperidine rings is 1. The minimum absolute atomic E-state index is 0.0809. The highest BCUT2D eigenvalue weighted by Gasteiger charge is 2.16. The van der Waals surface area contributed by atoms with Crippen molar-refractivity contribution in [3.05, 3.63) is 23.9 Å². The number of hydrogen-bond acceptors (Lipinski definition) is 4. The largest absolute Gasteiger partial charge is 0.370 e. The molecule has 1 aromatic rings. The lowest BCUT2D eigenvalue weighted by Crippen LogP contribution is -2.33. The molecule has 1 aliphatic heterocycles. The SMILES string of the molecule is CCNc1cccc(C(=O)NCCC2CCN(C)CC2)n1. The van der Waals surface area contributed by atoms with E-state index in [1.165, 1.54) is 25.9 Å². The van der Waals surface area contributed by atoms with Crippen LogP contribution < -0.4 is 10.6 Å². The average molecular weight is 290 g/mol. The molecule has 2 N–H and O–H groups in total. The Morgan fingerprint density at radius 1 is 1.38 bits per heavy atom. The van der Waals surface area contributed by atoms with Gasteiger partial charge in [-0.3, -0.25) is 4.79 Å². The highest BCUT2D eigenvalue weighted by molar-refractivity contribution is 5.92. The van der Waals surface area contributed by atoms with Gasteiger partial charge in [-0.1, -0.05) is 6.07 Å². The molecule has 0 radical (unpaired) electrons. The lowest BCUT2D eigenvalue weighted by molar-refractivity contribution is 0.0944. The van der Waals surface area contributed by atoms with Crippen LogP contribution in [0.25, 0.3) is 0 Å². The summed E-state index contributed by atoms with van der Waals surface area (Å²) in [5.41, 5.74) is 0.483. The highest BCUT2D eigenvalue weighted by Crippen LogP contribution is 2.18. The molecule has 5 heteroatoms. The number of nitrogens with zero attached hydrogens (tertiary/aromatic N) is 2. The second-order valence-corrected chi connectivity index (χ2v) is 5.73. The van der Waals surface area contributed by atoms with Gasteiger partial charge in [-0.25, -0.2) is 4.98 Å². The Hall–Kier alpha value is -1.62. The first-order valence-electron chi connectivity index (χ1n) is 7.86. The summed E-state index contributed by atoms with van der Waals surface area (Å²) in [4.78, 5) is 18.8. The van der Waals surface area contributed by atoms with Gasteiger partial charge >= 0.3 is 0 Å². The van der Waals surface area contributed by atoms with Crippen molar-refractivity contribution in [2.45, 2.75) is 26.2 Å². The van der Waals surface area contributed by atoms with Gasteiger partial charge in [0.1, 0.15) is 11.5 Å². The minimum Gasteiger partial charge on any atom is -0.370 e. The van der Waals surface area contributed by atoms with Crippen molar-refractivity contribution in [1.82, 2.24) is 15.2 Å². The topological polar surface area (TPSA) is 57.3 Å². The number of anilines is 1. The Morgan fingerprint density at radius 2 is 2.14 bits per heavy atom. The summed E-state index contributed by atoms with van der Waals surface area (Å²) in [6, 6.07) is 5.49. The molecule has 0 unspecified atom stereocenters. The Bertz CT molecular complexity index is 455. The number of amides is 1. The monoisotopic (exact) mass is 290 g/mol. The maximum Gasteiger partial charge on any atom is 0.269 e. The van der Waals surface area contributed by atoms with Crippen molar-refractivity contribution in [2.75, 3.05) is 38.5 Å². The summed E-state index contributed by atoms with van der Waals surface area (Å²) in [6.45, 7) is 5.89. The van der Waals surface area contributed by atoms with Crippen molar-refractivity contribution >= 4 is 11.7 Å². The lowest BCUT2D eigenvalue weighted by atomic mass is 9.94. The number of hydrogen-bond donors (Lipinski definition) is 2. The first-order valence-corrected chi connectivity index (χ1v) is 7.86. The summed E-state index contributed by atoms with van der Waals surface area (Å²) in [7, 11) is 2.17. The van der Waals surface area contributed by atoms with Crippen molar-refractivity contribution in [3.8, 4) is 0 Å². The third-order valence-corrected chi connectivity index (χ3v) is 4.02. The van der Waals surface area contributed by atoms with Crippen LogP contribution >= 0.6 is 0 Å². The van der Waals surface area contributed by atoms with E-state index in [9.17, 15) is 4.79 Å². The molecule has 0 aromatic carbocycles. The number of rotatable bonds is 6. The standard InChI is InChI=1S/C16H26N4O/c1-3-17-15-6-4-5-14(19-15)16(21)18-10-7-13-8-11-20(2)12-9-13/h4-6,13H,3,7-12H2,1-2H3,(H,17,19)(H,18,21). The van der Waals surface area contributed by atoms with Crippen LogP contribution in [0.3, 0.4) is 0 Å². The van der Waals surface area contributed by atoms with E-state index in [1.54, 1.807) is 6.07 Å². The van der Waals surface area contributed by atoms with Gasteiger partial charge in [0.15, 0.2) is 0 Å². The minimum atomic E-state index is -0.0809. The van der Waals surface area contributed by atoms with Crippen LogP contribution in [0.5, 0.6) is 0 Å². The molecule has 2 rings (SSSR count). The van der Waals surface area contributed by atoms with E-state index in [2.05, 4.69) is 27.6 Å². The third kappa shape index (κ3) is 5.01. The molecular formula is C16H26N4O. The maximum atomic E-state index is 12.1. The van der Waals surface area contributed by atoms with Gasteiger partial charge in [-0.05, 0) is 64.4 Å². The van der Waals surface area contributed by atoms with Gasteiger partial charge in [0.05, 0.1) is 0 Å². The molecule has 2 heterocycles. The summed E-state index contributed by atoms with van der Waals surface area (Å²) in [6.07, 6.45) is 3.54. The Kier molecular flexibility index (Phi) is 5.99. The molecule has 0 atom stereocenters. The molecule has 1 fully saturated rings. The van der Waals surface area contributed by atoms with E-state index in [0.717, 1.165) is 31.2 Å². The molecule has 1 aromatic heterocycles. The van der Waals surface area contributed by atoms with Crippen molar-refractivity contribution in [2.24, 2.45) is 5.92 Å². The van der Waals surface area contributed by atoms with E-state index in [1.807, 2.05) is 19.1 Å². The van der Waals surface area contributed by atoms with Crippen molar-refractivity contribution in [1.29, 1.82) is 0 Å². The van der Waals surface area contributed by atoms with Crippen LogP contribution in [0.15, 0.2) is 18.2 Å². The molecular weight excluding hydrogens is 264 g/mol. The summed E-state index contributed by atoms with van der Waals surface area (Å²) < 4.78 is 0. The Labute approximate surface area is 127 Å². The molecule has 0 spiro atoms. The van der Waals surface area contributed by atoms with Gasteiger partial charge < -0.3 is 15.5 Å². The predicted molar refractivity (Wildman–Crippen MR) is 85.6 cm³/mol. The van der Waals surface area contributed by atoms with Crippen LogP contribution in [-0.4, -0.2) is 49.0 Å². The average Bonchev–Trinajstić information content (AvgIpc) is 2.50. The van der Waals surface area contributed by atoms with Crippen LogP contribution in [0.4, 0.5) is 5.82 Å². The van der Waals surface area contributed by atoms with Gasteiger partial charge in [0.2, 0.25) is 0 Å². The molecule has 1 saturated heterocycles. The summed E-state index contributed by atoms with van der Waals surface area (Å²) in [5.74, 6) is 1.41. The normalized spacial score (nSPS) is 16.7. The summed E-state index contributed by atoms with van der Waals surface area (Å²) in [5, 5.41) is 6.10. The van der Waals surface area contributed by atoms with E-state index in [0.29, 0.717) is 5.69 Å². The number of pyridine rings is 1. The highest BCUT2D eigenvalue weighted by atomic mass is 16.1. The van der Waals surface area contributed by atoms with E-state index in [-0.39, 0.29) is 5.91 Å². The van der Waals surface area contributed by atoms with Gasteiger partial charge in [-0.2, -0.15) is 0 Å². The van der Waals surface area contributed by atoms with E-state index in [4.69, 9.17) is 0 Å². The van der Waals surface area contributed by atoms with Gasteiger partial charge in [-0.15, -0.1) is 0 Å². The van der Waals surface area contributed by atoms with Crippen LogP contribution in [0, 0.1) is 5.92 Å². The second-order valence-electron chi connectivity index (χ2n) is 5.73. The van der Waals surface area contributed by atoms with Crippen LogP contribution in [0.2, 0.25) is 0 Å².